The number of benzene rings is 2. The average molecular weight is 375 g/mol. The van der Waals surface area contributed by atoms with Crippen molar-refractivity contribution in [1.29, 1.82) is 0 Å². The minimum atomic E-state index is -0.464. The number of aromatic amines is 1. The highest BCUT2D eigenvalue weighted by Crippen LogP contribution is 2.27. The fraction of sp³-hybridized carbons (Fsp3) is 0.217. The van der Waals surface area contributed by atoms with Crippen molar-refractivity contribution >= 4 is 27.8 Å². The van der Waals surface area contributed by atoms with Crippen LogP contribution in [-0.2, 0) is 11.3 Å². The highest BCUT2D eigenvalue weighted by Gasteiger charge is 2.15. The molecule has 2 aromatic carbocycles. The molecule has 28 heavy (non-hydrogen) atoms. The predicted molar refractivity (Wildman–Crippen MR) is 109 cm³/mol. The summed E-state index contributed by atoms with van der Waals surface area (Å²) >= 11 is 0. The average Bonchev–Trinajstić information content (AvgIpc) is 3.09. The van der Waals surface area contributed by atoms with Gasteiger partial charge in [-0.3, -0.25) is 0 Å². The van der Waals surface area contributed by atoms with Crippen LogP contribution >= 0.6 is 0 Å². The molecule has 0 bridgehead atoms. The van der Waals surface area contributed by atoms with E-state index in [2.05, 4.69) is 18.8 Å². The molecular formula is C23H21NO4. The van der Waals surface area contributed by atoms with E-state index < -0.39 is 11.6 Å². The van der Waals surface area contributed by atoms with Gasteiger partial charge in [0.05, 0.1) is 0 Å². The second-order valence-corrected chi connectivity index (χ2v) is 7.30. The zero-order valence-corrected chi connectivity index (χ0v) is 16.0. The number of para-hydroxylation sites is 1. The summed E-state index contributed by atoms with van der Waals surface area (Å²) in [5.74, 6) is -0.133. The van der Waals surface area contributed by atoms with Gasteiger partial charge in [-0.25, -0.2) is 9.59 Å². The van der Waals surface area contributed by atoms with Crippen molar-refractivity contribution in [2.45, 2.75) is 33.3 Å². The van der Waals surface area contributed by atoms with Crippen molar-refractivity contribution in [1.82, 2.24) is 4.98 Å². The van der Waals surface area contributed by atoms with Crippen LogP contribution in [-0.4, -0.2) is 11.0 Å². The molecule has 4 aromatic rings. The second kappa shape index (κ2) is 7.00. The number of carbonyl (C=O) groups excluding carboxylic acids is 1. The van der Waals surface area contributed by atoms with Gasteiger partial charge in [0.25, 0.3) is 0 Å². The van der Waals surface area contributed by atoms with Crippen molar-refractivity contribution in [2.24, 2.45) is 0 Å². The standard InChI is InChI=1S/C23H21NO4/c1-13(2)17-11-18-16(10-22(25)28-21(18)8-14(17)3)12-27-23(26)20-9-15-6-4-5-7-19(15)24-20/h4-11,13,24H,12H2,1-3H3. The van der Waals surface area contributed by atoms with Gasteiger partial charge in [-0.1, -0.05) is 32.0 Å². The quantitative estimate of drug-likeness (QED) is 0.400. The summed E-state index contributed by atoms with van der Waals surface area (Å²) in [6, 6.07) is 14.7. The van der Waals surface area contributed by atoms with E-state index in [9.17, 15) is 9.59 Å². The number of nitrogens with one attached hydrogen (secondary N) is 1. The number of aryl methyl sites for hydroxylation is 1. The number of hydrogen-bond donors (Lipinski definition) is 1. The molecule has 0 aliphatic heterocycles. The maximum atomic E-state index is 12.5. The molecular weight excluding hydrogens is 354 g/mol. The van der Waals surface area contributed by atoms with E-state index in [1.807, 2.05) is 43.3 Å². The first-order valence-electron chi connectivity index (χ1n) is 9.24. The lowest BCUT2D eigenvalue weighted by molar-refractivity contribution is 0.0468. The third-order valence-electron chi connectivity index (χ3n) is 4.95. The maximum Gasteiger partial charge on any atom is 0.355 e. The van der Waals surface area contributed by atoms with Gasteiger partial charge in [-0.15, -0.1) is 0 Å². The van der Waals surface area contributed by atoms with Gasteiger partial charge in [0.15, 0.2) is 0 Å². The van der Waals surface area contributed by atoms with Crippen molar-refractivity contribution in [3.63, 3.8) is 0 Å². The molecule has 0 radical (unpaired) electrons. The lowest BCUT2D eigenvalue weighted by atomic mass is 9.95. The van der Waals surface area contributed by atoms with Crippen molar-refractivity contribution in [2.75, 3.05) is 0 Å². The lowest BCUT2D eigenvalue weighted by Gasteiger charge is -2.13. The summed E-state index contributed by atoms with van der Waals surface area (Å²) in [7, 11) is 0. The fourth-order valence-corrected chi connectivity index (χ4v) is 3.54. The number of hydrogen-bond acceptors (Lipinski definition) is 4. The van der Waals surface area contributed by atoms with E-state index >= 15 is 0 Å². The maximum absolute atomic E-state index is 12.5. The smallest absolute Gasteiger partial charge is 0.355 e. The van der Waals surface area contributed by atoms with Gasteiger partial charge in [0, 0.05) is 27.9 Å². The highest BCUT2D eigenvalue weighted by molar-refractivity contribution is 5.94. The molecule has 4 rings (SSSR count). The Hall–Kier alpha value is -3.34. The normalized spacial score (nSPS) is 11.4. The molecule has 2 heterocycles. The van der Waals surface area contributed by atoms with E-state index in [1.165, 1.54) is 11.6 Å². The van der Waals surface area contributed by atoms with E-state index in [-0.39, 0.29) is 6.61 Å². The van der Waals surface area contributed by atoms with E-state index in [0.717, 1.165) is 21.9 Å². The Labute approximate surface area is 161 Å². The zero-order valence-electron chi connectivity index (χ0n) is 16.0. The monoisotopic (exact) mass is 375 g/mol. The molecule has 0 unspecified atom stereocenters. The zero-order chi connectivity index (χ0) is 19.8. The van der Waals surface area contributed by atoms with Crippen LogP contribution in [0.4, 0.5) is 0 Å². The molecule has 1 N–H and O–H groups in total. The van der Waals surface area contributed by atoms with Crippen LogP contribution < -0.4 is 5.63 Å². The highest BCUT2D eigenvalue weighted by atomic mass is 16.5. The molecule has 0 aliphatic carbocycles. The Morgan fingerprint density at radius 2 is 1.93 bits per heavy atom. The van der Waals surface area contributed by atoms with Gasteiger partial charge in [0.2, 0.25) is 0 Å². The van der Waals surface area contributed by atoms with Gasteiger partial charge in [-0.2, -0.15) is 0 Å². The van der Waals surface area contributed by atoms with E-state index in [4.69, 9.17) is 9.15 Å². The van der Waals surface area contributed by atoms with Crippen molar-refractivity contribution in [3.05, 3.63) is 81.3 Å². The number of ether oxygens (including phenoxy) is 1. The lowest BCUT2D eigenvalue weighted by Crippen LogP contribution is -2.08. The minimum Gasteiger partial charge on any atom is -0.456 e. The number of H-pyrrole nitrogens is 1. The van der Waals surface area contributed by atoms with Crippen molar-refractivity contribution < 1.29 is 13.9 Å². The Morgan fingerprint density at radius 1 is 1.14 bits per heavy atom. The first-order valence-corrected chi connectivity index (χ1v) is 9.24. The van der Waals surface area contributed by atoms with E-state index in [0.29, 0.717) is 22.8 Å². The molecule has 142 valence electrons. The van der Waals surface area contributed by atoms with Crippen LogP contribution in [0.5, 0.6) is 0 Å². The first-order chi connectivity index (χ1) is 13.4. The van der Waals surface area contributed by atoms with Gasteiger partial charge in [0.1, 0.15) is 17.9 Å². The summed E-state index contributed by atoms with van der Waals surface area (Å²) in [6.07, 6.45) is 0. The third kappa shape index (κ3) is 3.31. The topological polar surface area (TPSA) is 72.3 Å². The second-order valence-electron chi connectivity index (χ2n) is 7.30. The number of carbonyl (C=O) groups is 1. The van der Waals surface area contributed by atoms with Gasteiger partial charge < -0.3 is 14.1 Å². The molecule has 0 fully saturated rings. The van der Waals surface area contributed by atoms with Crippen LogP contribution in [0.1, 0.15) is 46.9 Å². The van der Waals surface area contributed by atoms with Crippen LogP contribution in [0.15, 0.2) is 57.7 Å². The fourth-order valence-electron chi connectivity index (χ4n) is 3.54. The van der Waals surface area contributed by atoms with Crippen LogP contribution in [0.2, 0.25) is 0 Å². The first kappa shape index (κ1) is 18.0. The Balaban J connectivity index is 1.66. The van der Waals surface area contributed by atoms with Gasteiger partial charge >= 0.3 is 11.6 Å². The minimum absolute atomic E-state index is 0.00308. The molecule has 0 saturated heterocycles. The van der Waals surface area contributed by atoms with Crippen LogP contribution in [0.25, 0.3) is 21.9 Å². The van der Waals surface area contributed by atoms with Crippen molar-refractivity contribution in [3.8, 4) is 0 Å². The van der Waals surface area contributed by atoms with Gasteiger partial charge in [-0.05, 0) is 48.2 Å². The molecule has 0 amide bonds. The molecule has 5 nitrogen and oxygen atoms in total. The summed E-state index contributed by atoms with van der Waals surface area (Å²) in [6.45, 7) is 6.22. The summed E-state index contributed by atoms with van der Waals surface area (Å²) in [5.41, 5.74) is 4.18. The van der Waals surface area contributed by atoms with Crippen LogP contribution in [0.3, 0.4) is 0 Å². The summed E-state index contributed by atoms with van der Waals surface area (Å²) < 4.78 is 10.8. The third-order valence-corrected chi connectivity index (χ3v) is 4.95. The Morgan fingerprint density at radius 3 is 2.68 bits per heavy atom. The SMILES string of the molecule is Cc1cc2oc(=O)cc(COC(=O)c3cc4ccccc4[nH]3)c2cc1C(C)C. The predicted octanol–water partition coefficient (Wildman–Crippen LogP) is 5.06. The Bertz CT molecular complexity index is 1210. The summed E-state index contributed by atoms with van der Waals surface area (Å²) in [5, 5.41) is 1.73. The molecule has 0 aliphatic rings. The number of fused-ring (bicyclic) bond motifs is 2. The van der Waals surface area contributed by atoms with E-state index in [1.54, 1.807) is 6.07 Å². The van der Waals surface area contributed by atoms with Crippen LogP contribution in [0, 0.1) is 6.92 Å². The Kier molecular flexibility index (Phi) is 4.51. The molecule has 2 aromatic heterocycles. The molecule has 0 saturated carbocycles. The summed E-state index contributed by atoms with van der Waals surface area (Å²) in [4.78, 5) is 27.5. The largest absolute Gasteiger partial charge is 0.456 e. The number of esters is 1. The molecule has 0 atom stereocenters. The number of aromatic nitrogens is 1. The molecule has 0 spiro atoms. The number of rotatable bonds is 4. The molecule has 5 heteroatoms.